The van der Waals surface area contributed by atoms with Crippen LogP contribution in [0.2, 0.25) is 0 Å². The van der Waals surface area contributed by atoms with E-state index < -0.39 is 0 Å². The van der Waals surface area contributed by atoms with Gasteiger partial charge in [0.1, 0.15) is 12.1 Å². The Balaban J connectivity index is 1.46. The summed E-state index contributed by atoms with van der Waals surface area (Å²) in [5, 5.41) is 14.2. The number of nitrogens with zero attached hydrogens (tertiary/aromatic N) is 6. The molecule has 1 N–H and O–H groups in total. The molecule has 26 heavy (non-hydrogen) atoms. The topological polar surface area (TPSA) is 88.8 Å². The minimum Gasteiger partial charge on any atom is -0.331 e. The van der Waals surface area contributed by atoms with Crippen molar-refractivity contribution in [1.29, 1.82) is 0 Å². The van der Waals surface area contributed by atoms with Crippen LogP contribution in [0.1, 0.15) is 29.2 Å². The zero-order valence-corrected chi connectivity index (χ0v) is 14.4. The van der Waals surface area contributed by atoms with Crippen LogP contribution in [0.15, 0.2) is 48.9 Å². The maximum Gasteiger partial charge on any atom is 0.323 e. The Kier molecular flexibility index (Phi) is 4.30. The third kappa shape index (κ3) is 3.26. The van der Waals surface area contributed by atoms with Gasteiger partial charge >= 0.3 is 6.03 Å². The largest absolute Gasteiger partial charge is 0.331 e. The number of carbonyl (C=O) groups excluding carboxylic acids is 1. The Morgan fingerprint density at radius 3 is 3.08 bits per heavy atom. The van der Waals surface area contributed by atoms with E-state index in [4.69, 9.17) is 0 Å². The number of benzene rings is 1. The molecule has 0 saturated carbocycles. The monoisotopic (exact) mass is 349 g/mol. The summed E-state index contributed by atoms with van der Waals surface area (Å²) in [6.45, 7) is 0.522. The summed E-state index contributed by atoms with van der Waals surface area (Å²) < 4.78 is 1.62. The molecule has 0 aliphatic heterocycles. The van der Waals surface area contributed by atoms with Crippen molar-refractivity contribution in [3.05, 3.63) is 65.6 Å². The summed E-state index contributed by atoms with van der Waals surface area (Å²) in [4.78, 5) is 18.5. The highest BCUT2D eigenvalue weighted by atomic mass is 16.2. The maximum atomic E-state index is 12.7. The number of anilines is 1. The summed E-state index contributed by atoms with van der Waals surface area (Å²) in [6.07, 6.45) is 5.15. The molecule has 2 heterocycles. The lowest BCUT2D eigenvalue weighted by Crippen LogP contribution is -2.39. The number of hydrogen-bond donors (Lipinski definition) is 1. The van der Waals surface area contributed by atoms with Crippen LogP contribution in [0, 0.1) is 0 Å². The Hall–Kier alpha value is -3.29. The first-order chi connectivity index (χ1) is 12.7. The van der Waals surface area contributed by atoms with Gasteiger partial charge in [-0.05, 0) is 52.1 Å². The van der Waals surface area contributed by atoms with Crippen molar-refractivity contribution in [3.8, 4) is 0 Å². The standard InChI is InChI=1S/C18H19N7O/c1-24(17-10-13(8-9-19-17)11-25-12-20-22-23-25)18(26)21-16-7-6-14-4-2-3-5-15(14)16/h2-5,8-10,12,16H,6-7,11H2,1H3,(H,21,26). The number of hydrogen-bond acceptors (Lipinski definition) is 5. The summed E-state index contributed by atoms with van der Waals surface area (Å²) in [6, 6.07) is 11.9. The first kappa shape index (κ1) is 16.2. The first-order valence-corrected chi connectivity index (χ1v) is 8.48. The van der Waals surface area contributed by atoms with Crippen LogP contribution in [-0.2, 0) is 13.0 Å². The number of aryl methyl sites for hydroxylation is 1. The molecule has 2 aromatic heterocycles. The molecule has 1 aliphatic carbocycles. The second-order valence-corrected chi connectivity index (χ2v) is 6.33. The molecule has 1 atom stereocenters. The highest BCUT2D eigenvalue weighted by molar-refractivity contribution is 5.90. The van der Waals surface area contributed by atoms with Crippen molar-refractivity contribution < 1.29 is 4.79 Å². The highest BCUT2D eigenvalue weighted by Crippen LogP contribution is 2.30. The second kappa shape index (κ2) is 6.91. The number of pyridine rings is 1. The van der Waals surface area contributed by atoms with Gasteiger partial charge in [-0.25, -0.2) is 14.5 Å². The lowest BCUT2D eigenvalue weighted by atomic mass is 10.1. The molecule has 0 saturated heterocycles. The fourth-order valence-corrected chi connectivity index (χ4v) is 3.24. The third-order valence-electron chi connectivity index (χ3n) is 4.62. The maximum absolute atomic E-state index is 12.7. The summed E-state index contributed by atoms with van der Waals surface area (Å²) in [5.74, 6) is 0.583. The van der Waals surface area contributed by atoms with E-state index in [0.717, 1.165) is 18.4 Å². The van der Waals surface area contributed by atoms with Crippen LogP contribution in [-0.4, -0.2) is 38.3 Å². The molecule has 2 amide bonds. The van der Waals surface area contributed by atoms with Gasteiger partial charge in [0.05, 0.1) is 12.6 Å². The summed E-state index contributed by atoms with van der Waals surface area (Å²) in [5.41, 5.74) is 3.48. The number of amides is 2. The zero-order chi connectivity index (χ0) is 17.9. The van der Waals surface area contributed by atoms with Gasteiger partial charge in [0.15, 0.2) is 0 Å². The first-order valence-electron chi connectivity index (χ1n) is 8.48. The normalized spacial score (nSPS) is 15.5. The van der Waals surface area contributed by atoms with Gasteiger partial charge in [-0.15, -0.1) is 5.10 Å². The number of aromatic nitrogens is 5. The average molecular weight is 349 g/mol. The molecule has 4 rings (SSSR count). The smallest absolute Gasteiger partial charge is 0.323 e. The molecule has 0 fully saturated rings. The molecule has 0 radical (unpaired) electrons. The molecule has 8 nitrogen and oxygen atoms in total. The number of urea groups is 1. The molecule has 0 bridgehead atoms. The van der Waals surface area contributed by atoms with Crippen LogP contribution in [0.25, 0.3) is 0 Å². The highest BCUT2D eigenvalue weighted by Gasteiger charge is 2.25. The van der Waals surface area contributed by atoms with Crippen molar-refractivity contribution in [2.24, 2.45) is 0 Å². The van der Waals surface area contributed by atoms with Gasteiger partial charge in [-0.3, -0.25) is 4.90 Å². The van der Waals surface area contributed by atoms with Gasteiger partial charge in [-0.1, -0.05) is 24.3 Å². The Bertz CT molecular complexity index is 909. The third-order valence-corrected chi connectivity index (χ3v) is 4.62. The van der Waals surface area contributed by atoms with Crippen molar-refractivity contribution in [3.63, 3.8) is 0 Å². The molecule has 1 aromatic carbocycles. The lowest BCUT2D eigenvalue weighted by Gasteiger charge is -2.21. The van der Waals surface area contributed by atoms with E-state index in [-0.39, 0.29) is 12.1 Å². The van der Waals surface area contributed by atoms with Crippen molar-refractivity contribution in [2.75, 3.05) is 11.9 Å². The Morgan fingerprint density at radius 1 is 1.35 bits per heavy atom. The zero-order valence-electron chi connectivity index (χ0n) is 14.4. The van der Waals surface area contributed by atoms with Crippen LogP contribution >= 0.6 is 0 Å². The van der Waals surface area contributed by atoms with Crippen LogP contribution in [0.5, 0.6) is 0 Å². The molecular weight excluding hydrogens is 330 g/mol. The summed E-state index contributed by atoms with van der Waals surface area (Å²) >= 11 is 0. The van der Waals surface area contributed by atoms with Gasteiger partial charge in [0.2, 0.25) is 0 Å². The van der Waals surface area contributed by atoms with E-state index in [2.05, 4.69) is 38.0 Å². The van der Waals surface area contributed by atoms with Gasteiger partial charge in [-0.2, -0.15) is 0 Å². The minimum atomic E-state index is -0.168. The number of rotatable bonds is 4. The fourth-order valence-electron chi connectivity index (χ4n) is 3.24. The lowest BCUT2D eigenvalue weighted by molar-refractivity contribution is 0.243. The van der Waals surface area contributed by atoms with Crippen LogP contribution < -0.4 is 10.2 Å². The van der Waals surface area contributed by atoms with Crippen molar-refractivity contribution >= 4 is 11.8 Å². The quantitative estimate of drug-likeness (QED) is 0.778. The molecule has 132 valence electrons. The van der Waals surface area contributed by atoms with E-state index in [0.29, 0.717) is 12.4 Å². The molecule has 0 spiro atoms. The van der Waals surface area contributed by atoms with Crippen molar-refractivity contribution in [1.82, 2.24) is 30.5 Å². The molecule has 1 aliphatic rings. The van der Waals surface area contributed by atoms with Gasteiger partial charge in [0, 0.05) is 13.2 Å². The fraction of sp³-hybridized carbons (Fsp3) is 0.278. The van der Waals surface area contributed by atoms with E-state index in [1.807, 2.05) is 24.3 Å². The Labute approximate surface area is 150 Å². The van der Waals surface area contributed by atoms with E-state index in [1.54, 1.807) is 24.3 Å². The molecule has 1 unspecified atom stereocenters. The number of fused-ring (bicyclic) bond motifs is 1. The van der Waals surface area contributed by atoms with E-state index >= 15 is 0 Å². The number of tetrazole rings is 1. The van der Waals surface area contributed by atoms with E-state index in [9.17, 15) is 4.79 Å². The minimum absolute atomic E-state index is 0.0468. The van der Waals surface area contributed by atoms with Crippen molar-refractivity contribution in [2.45, 2.75) is 25.4 Å². The van der Waals surface area contributed by atoms with E-state index in [1.165, 1.54) is 16.0 Å². The van der Waals surface area contributed by atoms with Gasteiger partial charge < -0.3 is 5.32 Å². The SMILES string of the molecule is CN(C(=O)NC1CCc2ccccc21)c1cc(Cn2cnnn2)ccn1. The van der Waals surface area contributed by atoms with Gasteiger partial charge in [0.25, 0.3) is 0 Å². The second-order valence-electron chi connectivity index (χ2n) is 6.33. The summed E-state index contributed by atoms with van der Waals surface area (Å²) in [7, 11) is 1.72. The molecular formula is C18H19N7O. The Morgan fingerprint density at radius 2 is 2.23 bits per heavy atom. The average Bonchev–Trinajstić information content (AvgIpc) is 3.32. The van der Waals surface area contributed by atoms with Crippen LogP contribution in [0.3, 0.4) is 0 Å². The molecule has 3 aromatic rings. The number of carbonyl (C=O) groups is 1. The predicted octanol–water partition coefficient (Wildman–Crippen LogP) is 1.95. The number of nitrogens with one attached hydrogen (secondary N) is 1. The molecule has 8 heteroatoms. The van der Waals surface area contributed by atoms with Crippen LogP contribution in [0.4, 0.5) is 10.6 Å². The predicted molar refractivity (Wildman–Crippen MR) is 95.6 cm³/mol.